The van der Waals surface area contributed by atoms with Gasteiger partial charge < -0.3 is 10.2 Å². The van der Waals surface area contributed by atoms with Crippen LogP contribution in [0.25, 0.3) is 0 Å². The number of amides is 2. The molecule has 40 heavy (non-hydrogen) atoms. The third-order valence-corrected chi connectivity index (χ3v) is 8.05. The lowest BCUT2D eigenvalue weighted by Crippen LogP contribution is -2.54. The monoisotopic (exact) mass is 567 g/mol. The first kappa shape index (κ1) is 30.8. The number of sulfonamides is 1. The molecule has 3 aromatic carbocycles. The van der Waals surface area contributed by atoms with Crippen LogP contribution in [0.15, 0.2) is 72.8 Å². The number of rotatable bonds is 12. The van der Waals surface area contributed by atoms with Gasteiger partial charge in [0.25, 0.3) is 0 Å². The number of aryl methyl sites for hydroxylation is 2. The van der Waals surface area contributed by atoms with Crippen LogP contribution in [-0.4, -0.2) is 50.0 Å². The fraction of sp³-hybridized carbons (Fsp3) is 0.355. The highest BCUT2D eigenvalue weighted by Crippen LogP contribution is 2.27. The van der Waals surface area contributed by atoms with Crippen molar-refractivity contribution >= 4 is 27.5 Å². The Morgan fingerprint density at radius 2 is 1.52 bits per heavy atom. The van der Waals surface area contributed by atoms with Gasteiger partial charge in [0.05, 0.1) is 11.9 Å². The van der Waals surface area contributed by atoms with Gasteiger partial charge in [-0.15, -0.1) is 0 Å². The van der Waals surface area contributed by atoms with Gasteiger partial charge in [-0.05, 0) is 49.9 Å². The Labute approximate surface area is 237 Å². The zero-order valence-electron chi connectivity index (χ0n) is 23.7. The summed E-state index contributed by atoms with van der Waals surface area (Å²) in [6.07, 6.45) is 1.90. The van der Waals surface area contributed by atoms with E-state index in [-0.39, 0.29) is 30.5 Å². The number of halogens is 1. The number of carbonyl (C=O) groups is 2. The quantitative estimate of drug-likeness (QED) is 0.342. The number of hydrogen-bond acceptors (Lipinski definition) is 4. The fourth-order valence-electron chi connectivity index (χ4n) is 4.58. The molecule has 0 heterocycles. The zero-order valence-corrected chi connectivity index (χ0v) is 24.5. The molecule has 0 aliphatic heterocycles. The third kappa shape index (κ3) is 7.91. The van der Waals surface area contributed by atoms with E-state index in [0.717, 1.165) is 16.1 Å². The Kier molecular flexibility index (Phi) is 10.5. The van der Waals surface area contributed by atoms with Crippen molar-refractivity contribution in [3.8, 4) is 0 Å². The predicted molar refractivity (Wildman–Crippen MR) is 157 cm³/mol. The molecule has 2 amide bonds. The molecular formula is C31H38FN3O4S. The van der Waals surface area contributed by atoms with E-state index < -0.39 is 34.3 Å². The molecule has 0 unspecified atom stereocenters. The molecule has 0 aromatic heterocycles. The van der Waals surface area contributed by atoms with Crippen LogP contribution in [0.4, 0.5) is 10.1 Å². The minimum absolute atomic E-state index is 0.154. The van der Waals surface area contributed by atoms with Gasteiger partial charge in [0.1, 0.15) is 18.4 Å². The number of carbonyl (C=O) groups excluding carboxylic acids is 2. The van der Waals surface area contributed by atoms with Crippen LogP contribution in [0.5, 0.6) is 0 Å². The highest BCUT2D eigenvalue weighted by Gasteiger charge is 2.34. The lowest BCUT2D eigenvalue weighted by atomic mass is 10.0. The predicted octanol–water partition coefficient (Wildman–Crippen LogP) is 4.76. The molecule has 7 nitrogen and oxygen atoms in total. The van der Waals surface area contributed by atoms with Crippen molar-refractivity contribution in [2.75, 3.05) is 17.1 Å². The number of anilines is 1. The first-order valence-corrected chi connectivity index (χ1v) is 15.2. The maximum atomic E-state index is 14.8. The van der Waals surface area contributed by atoms with Gasteiger partial charge in [-0.3, -0.25) is 13.9 Å². The van der Waals surface area contributed by atoms with Crippen molar-refractivity contribution < 1.29 is 22.4 Å². The second-order valence-corrected chi connectivity index (χ2v) is 12.1. The van der Waals surface area contributed by atoms with E-state index in [9.17, 15) is 22.4 Å². The number of para-hydroxylation sites is 1. The van der Waals surface area contributed by atoms with Crippen LogP contribution in [0.1, 0.15) is 42.5 Å². The van der Waals surface area contributed by atoms with E-state index >= 15 is 0 Å². The number of nitrogens with one attached hydrogen (secondary N) is 1. The van der Waals surface area contributed by atoms with Crippen molar-refractivity contribution in [1.82, 2.24) is 10.2 Å². The topological polar surface area (TPSA) is 86.8 Å². The van der Waals surface area contributed by atoms with Crippen LogP contribution < -0.4 is 9.62 Å². The van der Waals surface area contributed by atoms with Crippen LogP contribution in [0.2, 0.25) is 0 Å². The van der Waals surface area contributed by atoms with E-state index in [2.05, 4.69) is 5.32 Å². The van der Waals surface area contributed by atoms with E-state index in [1.165, 1.54) is 11.0 Å². The molecule has 0 spiro atoms. The van der Waals surface area contributed by atoms with Gasteiger partial charge in [0, 0.05) is 24.6 Å². The molecule has 0 aliphatic carbocycles. The largest absolute Gasteiger partial charge is 0.352 e. The van der Waals surface area contributed by atoms with E-state index in [0.29, 0.717) is 23.2 Å². The molecule has 3 rings (SSSR count). The van der Waals surface area contributed by atoms with Crippen LogP contribution >= 0.6 is 0 Å². The molecular weight excluding hydrogens is 529 g/mol. The summed E-state index contributed by atoms with van der Waals surface area (Å²) in [5.74, 6) is -1.52. The Morgan fingerprint density at radius 1 is 0.925 bits per heavy atom. The lowest BCUT2D eigenvalue weighted by molar-refractivity contribution is -0.140. The lowest BCUT2D eigenvalue weighted by Gasteiger charge is -2.34. The van der Waals surface area contributed by atoms with Gasteiger partial charge >= 0.3 is 0 Å². The third-order valence-electron chi connectivity index (χ3n) is 6.94. The summed E-state index contributed by atoms with van der Waals surface area (Å²) in [4.78, 5) is 29.1. The number of benzene rings is 3. The van der Waals surface area contributed by atoms with Crippen molar-refractivity contribution in [1.29, 1.82) is 0 Å². The molecule has 0 aliphatic rings. The Hall–Kier alpha value is -3.72. The van der Waals surface area contributed by atoms with Crippen LogP contribution in [0, 0.1) is 19.7 Å². The second-order valence-electron chi connectivity index (χ2n) is 10.1. The summed E-state index contributed by atoms with van der Waals surface area (Å²) >= 11 is 0. The Morgan fingerprint density at radius 3 is 2.10 bits per heavy atom. The maximum absolute atomic E-state index is 14.8. The Bertz CT molecular complexity index is 1410. The molecule has 0 saturated heterocycles. The van der Waals surface area contributed by atoms with Gasteiger partial charge in [-0.2, -0.15) is 0 Å². The van der Waals surface area contributed by atoms with Gasteiger partial charge in [-0.25, -0.2) is 12.8 Å². The number of nitrogens with zero attached hydrogens (tertiary/aromatic N) is 2. The molecule has 214 valence electrons. The summed E-state index contributed by atoms with van der Waals surface area (Å²) in [5.41, 5.74) is 2.83. The Balaban J connectivity index is 2.11. The van der Waals surface area contributed by atoms with Gasteiger partial charge in [0.15, 0.2) is 0 Å². The highest BCUT2D eigenvalue weighted by atomic mass is 32.2. The van der Waals surface area contributed by atoms with Crippen LogP contribution in [0.3, 0.4) is 0 Å². The average Bonchev–Trinajstić information content (AvgIpc) is 2.90. The SMILES string of the molecule is CC[C@H](C)NC(=O)[C@@H](Cc1ccccc1)N(Cc1ccccc1F)C(=O)CN(c1c(C)cccc1C)S(C)(=O)=O. The molecule has 2 atom stereocenters. The molecule has 3 aromatic rings. The average molecular weight is 568 g/mol. The second kappa shape index (κ2) is 13.6. The zero-order chi connectivity index (χ0) is 29.4. The van der Waals surface area contributed by atoms with Gasteiger partial charge in [-0.1, -0.05) is 73.7 Å². The van der Waals surface area contributed by atoms with E-state index in [1.54, 1.807) is 44.2 Å². The minimum Gasteiger partial charge on any atom is -0.352 e. The van der Waals surface area contributed by atoms with E-state index in [1.807, 2.05) is 50.2 Å². The normalized spacial score (nSPS) is 12.8. The van der Waals surface area contributed by atoms with Crippen molar-refractivity contribution in [3.05, 3.63) is 101 Å². The maximum Gasteiger partial charge on any atom is 0.244 e. The van der Waals surface area contributed by atoms with Crippen LogP contribution in [-0.2, 0) is 32.6 Å². The summed E-state index contributed by atoms with van der Waals surface area (Å²) in [5, 5.41) is 2.96. The fourth-order valence-corrected chi connectivity index (χ4v) is 5.54. The minimum atomic E-state index is -3.89. The van der Waals surface area contributed by atoms with Crippen molar-refractivity contribution in [3.63, 3.8) is 0 Å². The smallest absolute Gasteiger partial charge is 0.244 e. The van der Waals surface area contributed by atoms with Gasteiger partial charge in [0.2, 0.25) is 21.8 Å². The summed E-state index contributed by atoms with van der Waals surface area (Å²) in [7, 11) is -3.89. The van der Waals surface area contributed by atoms with Crippen molar-refractivity contribution in [2.45, 2.75) is 59.2 Å². The number of hydrogen-bond donors (Lipinski definition) is 1. The van der Waals surface area contributed by atoms with Crippen molar-refractivity contribution in [2.24, 2.45) is 0 Å². The summed E-state index contributed by atoms with van der Waals surface area (Å²) in [6, 6.07) is 19.5. The standard InChI is InChI=1S/C31H38FN3O4S/c1-6-24(4)33-31(37)28(19-25-15-8-7-9-16-25)34(20-26-17-10-11-18-27(26)32)29(36)21-35(40(5,38)39)30-22(2)13-12-14-23(30)3/h7-18,24,28H,6,19-21H2,1-5H3,(H,33,37)/t24-,28+/m0/s1. The molecule has 0 radical (unpaired) electrons. The molecule has 9 heteroatoms. The first-order chi connectivity index (χ1) is 18.9. The van der Waals surface area contributed by atoms with E-state index in [4.69, 9.17) is 0 Å². The molecule has 0 fully saturated rings. The molecule has 1 N–H and O–H groups in total. The first-order valence-electron chi connectivity index (χ1n) is 13.3. The summed E-state index contributed by atoms with van der Waals surface area (Å²) in [6.45, 7) is 6.61. The molecule has 0 saturated carbocycles. The summed E-state index contributed by atoms with van der Waals surface area (Å²) < 4.78 is 41.9. The highest BCUT2D eigenvalue weighted by molar-refractivity contribution is 7.92. The molecule has 0 bridgehead atoms.